The molecule has 2 nitrogen and oxygen atoms in total. The van der Waals surface area contributed by atoms with Gasteiger partial charge in [-0.1, -0.05) is 41.5 Å². The molecule has 0 saturated carbocycles. The van der Waals surface area contributed by atoms with Gasteiger partial charge in [0.05, 0.1) is 5.76 Å². The molecule has 0 radical (unpaired) electrons. The van der Waals surface area contributed by atoms with Crippen molar-refractivity contribution in [3.63, 3.8) is 0 Å². The molecule has 0 heterocycles. The zero-order valence-electron chi connectivity index (χ0n) is 14.5. The minimum atomic E-state index is -1.77. The summed E-state index contributed by atoms with van der Waals surface area (Å²) < 4.78 is 6.48. The highest BCUT2D eigenvalue weighted by molar-refractivity contribution is 6.74. The second-order valence-electron chi connectivity index (χ2n) is 7.85. The van der Waals surface area contributed by atoms with Crippen LogP contribution < -0.4 is 0 Å². The van der Waals surface area contributed by atoms with Gasteiger partial charge in [0.15, 0.2) is 0 Å². The largest absolute Gasteiger partial charge is 0.547 e. The summed E-state index contributed by atoms with van der Waals surface area (Å²) in [4.78, 5) is 12.0. The van der Waals surface area contributed by atoms with Gasteiger partial charge in [0.1, 0.15) is 5.78 Å². The number of Topliss-reactive ketones (excluding diaryl/α,β-unsaturated/α-hetero) is 1. The average molecular weight is 297 g/mol. The molecule has 0 aromatic carbocycles. The molecule has 3 atom stereocenters. The Kier molecular flexibility index (Phi) is 5.28. The molecule has 3 heteroatoms. The van der Waals surface area contributed by atoms with Gasteiger partial charge in [-0.05, 0) is 36.5 Å². The van der Waals surface area contributed by atoms with Crippen molar-refractivity contribution in [1.29, 1.82) is 0 Å². The SMILES string of the molecule is CCC(=O)[C@@H]1C[C@H](C)C(O[Si](C)(C)C(C)(C)C)=C[C@@H]1C. The minimum absolute atomic E-state index is 0.182. The van der Waals surface area contributed by atoms with E-state index in [4.69, 9.17) is 4.43 Å². The summed E-state index contributed by atoms with van der Waals surface area (Å²) in [5.74, 6) is 2.37. The topological polar surface area (TPSA) is 26.3 Å². The van der Waals surface area contributed by atoms with E-state index in [9.17, 15) is 4.79 Å². The van der Waals surface area contributed by atoms with E-state index in [2.05, 4.69) is 53.8 Å². The van der Waals surface area contributed by atoms with Gasteiger partial charge in [-0.25, -0.2) is 0 Å². The van der Waals surface area contributed by atoms with E-state index >= 15 is 0 Å². The zero-order valence-corrected chi connectivity index (χ0v) is 15.5. The second-order valence-corrected chi connectivity index (χ2v) is 12.6. The van der Waals surface area contributed by atoms with Gasteiger partial charge in [0.2, 0.25) is 8.32 Å². The molecule has 0 unspecified atom stereocenters. The Labute approximate surface area is 126 Å². The maximum Gasteiger partial charge on any atom is 0.250 e. The van der Waals surface area contributed by atoms with Crippen molar-refractivity contribution in [2.24, 2.45) is 17.8 Å². The van der Waals surface area contributed by atoms with Crippen LogP contribution in [0.4, 0.5) is 0 Å². The van der Waals surface area contributed by atoms with Crippen LogP contribution in [0.1, 0.15) is 54.4 Å². The number of carbonyl (C=O) groups is 1. The molecule has 0 amide bonds. The third-order valence-corrected chi connectivity index (χ3v) is 9.45. The van der Waals surface area contributed by atoms with E-state index in [1.165, 1.54) is 0 Å². The highest BCUT2D eigenvalue weighted by atomic mass is 28.4. The van der Waals surface area contributed by atoms with Gasteiger partial charge >= 0.3 is 0 Å². The second kappa shape index (κ2) is 6.04. The number of rotatable bonds is 4. The fraction of sp³-hybridized carbons (Fsp3) is 0.824. The van der Waals surface area contributed by atoms with E-state index < -0.39 is 8.32 Å². The van der Waals surface area contributed by atoms with Crippen LogP contribution in [0.3, 0.4) is 0 Å². The van der Waals surface area contributed by atoms with Crippen LogP contribution in [-0.4, -0.2) is 14.1 Å². The van der Waals surface area contributed by atoms with Crippen LogP contribution in [0.5, 0.6) is 0 Å². The summed E-state index contributed by atoms with van der Waals surface area (Å²) in [7, 11) is -1.77. The van der Waals surface area contributed by atoms with Crippen molar-refractivity contribution in [2.75, 3.05) is 0 Å². The molecule has 0 aromatic rings. The molecular formula is C17H32O2Si. The van der Waals surface area contributed by atoms with Crippen molar-refractivity contribution in [3.05, 3.63) is 11.8 Å². The predicted molar refractivity (Wildman–Crippen MR) is 88.1 cm³/mol. The third-order valence-electron chi connectivity index (χ3n) is 5.10. The van der Waals surface area contributed by atoms with Crippen molar-refractivity contribution < 1.29 is 9.22 Å². The summed E-state index contributed by atoms with van der Waals surface area (Å²) >= 11 is 0. The Morgan fingerprint density at radius 2 is 1.90 bits per heavy atom. The molecule has 0 N–H and O–H groups in total. The Hall–Kier alpha value is -0.573. The maximum atomic E-state index is 12.0. The lowest BCUT2D eigenvalue weighted by molar-refractivity contribution is -0.124. The van der Waals surface area contributed by atoms with Crippen molar-refractivity contribution >= 4 is 14.1 Å². The fourth-order valence-electron chi connectivity index (χ4n) is 2.52. The molecule has 0 spiro atoms. The number of carbonyl (C=O) groups excluding carboxylic acids is 1. The molecule has 20 heavy (non-hydrogen) atoms. The first kappa shape index (κ1) is 17.5. The Balaban J connectivity index is 2.91. The maximum absolute atomic E-state index is 12.0. The highest BCUT2D eigenvalue weighted by Crippen LogP contribution is 2.42. The number of hydrogen-bond acceptors (Lipinski definition) is 2. The first-order valence-corrected chi connectivity index (χ1v) is 10.8. The van der Waals surface area contributed by atoms with Crippen LogP contribution in [0.15, 0.2) is 11.8 Å². The van der Waals surface area contributed by atoms with Crippen LogP contribution in [0.2, 0.25) is 18.1 Å². The van der Waals surface area contributed by atoms with Crippen LogP contribution in [0, 0.1) is 17.8 Å². The molecule has 0 fully saturated rings. The van der Waals surface area contributed by atoms with Crippen LogP contribution >= 0.6 is 0 Å². The molecule has 0 saturated heterocycles. The summed E-state index contributed by atoms with van der Waals surface area (Å²) in [6, 6.07) is 0. The lowest BCUT2D eigenvalue weighted by Crippen LogP contribution is -2.42. The van der Waals surface area contributed by atoms with Crippen LogP contribution in [-0.2, 0) is 9.22 Å². The predicted octanol–water partition coefficient (Wildman–Crippen LogP) is 5.16. The number of allylic oxidation sites excluding steroid dienone is 2. The Bertz CT molecular complexity index is 390. The van der Waals surface area contributed by atoms with Crippen molar-refractivity contribution in [3.8, 4) is 0 Å². The highest BCUT2D eigenvalue weighted by Gasteiger charge is 2.41. The third kappa shape index (κ3) is 3.75. The zero-order chi connectivity index (χ0) is 15.7. The standard InChI is InChI=1S/C17H32O2Si/c1-9-15(18)14-10-13(3)16(11-12(14)2)19-20(7,8)17(4,5)6/h11-14H,9-10H2,1-8H3/t12-,13-,14+/m0/s1. The normalized spacial score (nSPS) is 28.0. The number of hydrogen-bond donors (Lipinski definition) is 0. The van der Waals surface area contributed by atoms with Gasteiger partial charge in [-0.2, -0.15) is 0 Å². The fourth-order valence-corrected chi connectivity index (χ4v) is 3.69. The molecule has 1 aliphatic rings. The molecule has 1 rings (SSSR count). The van der Waals surface area contributed by atoms with E-state index in [-0.39, 0.29) is 11.0 Å². The molecule has 0 bridgehead atoms. The Morgan fingerprint density at radius 3 is 2.35 bits per heavy atom. The van der Waals surface area contributed by atoms with Gasteiger partial charge in [-0.3, -0.25) is 4.79 Å². The van der Waals surface area contributed by atoms with E-state index in [0.29, 0.717) is 24.0 Å². The average Bonchev–Trinajstić information content (AvgIpc) is 2.30. The number of ketones is 1. The van der Waals surface area contributed by atoms with E-state index in [1.54, 1.807) is 0 Å². The quantitative estimate of drug-likeness (QED) is 0.669. The summed E-state index contributed by atoms with van der Waals surface area (Å²) in [5.41, 5.74) is 0. The van der Waals surface area contributed by atoms with Crippen LogP contribution in [0.25, 0.3) is 0 Å². The lowest BCUT2D eigenvalue weighted by Gasteiger charge is -2.41. The molecule has 1 aliphatic carbocycles. The molecule has 116 valence electrons. The lowest BCUT2D eigenvalue weighted by atomic mass is 9.77. The van der Waals surface area contributed by atoms with E-state index in [0.717, 1.165) is 12.2 Å². The van der Waals surface area contributed by atoms with Gasteiger partial charge < -0.3 is 4.43 Å². The van der Waals surface area contributed by atoms with Gasteiger partial charge in [-0.15, -0.1) is 0 Å². The Morgan fingerprint density at radius 1 is 1.35 bits per heavy atom. The van der Waals surface area contributed by atoms with Gasteiger partial charge in [0, 0.05) is 18.3 Å². The van der Waals surface area contributed by atoms with Gasteiger partial charge in [0.25, 0.3) is 0 Å². The summed E-state index contributed by atoms with van der Waals surface area (Å²) in [6.07, 6.45) is 3.80. The monoisotopic (exact) mass is 296 g/mol. The summed E-state index contributed by atoms with van der Waals surface area (Å²) in [5, 5.41) is 0.215. The molecular weight excluding hydrogens is 264 g/mol. The van der Waals surface area contributed by atoms with E-state index in [1.807, 2.05) is 6.92 Å². The van der Waals surface area contributed by atoms with Crippen molar-refractivity contribution in [1.82, 2.24) is 0 Å². The smallest absolute Gasteiger partial charge is 0.250 e. The minimum Gasteiger partial charge on any atom is -0.547 e. The molecule has 0 aromatic heterocycles. The first-order valence-electron chi connectivity index (χ1n) is 7.93. The first-order chi connectivity index (χ1) is 8.99. The molecule has 0 aliphatic heterocycles. The summed E-state index contributed by atoms with van der Waals surface area (Å²) in [6.45, 7) is 17.7. The van der Waals surface area contributed by atoms with Crippen molar-refractivity contribution in [2.45, 2.75) is 72.5 Å².